The molecule has 0 unspecified atom stereocenters. The van der Waals surface area contributed by atoms with Crippen LogP contribution in [0.4, 0.5) is 5.69 Å². The Morgan fingerprint density at radius 2 is 2.00 bits per heavy atom. The van der Waals surface area contributed by atoms with E-state index in [9.17, 15) is 19.7 Å². The number of ether oxygens (including phenoxy) is 3. The lowest BCUT2D eigenvalue weighted by Gasteiger charge is -2.36. The third-order valence-electron chi connectivity index (χ3n) is 5.18. The highest BCUT2D eigenvalue weighted by Crippen LogP contribution is 2.35. The van der Waals surface area contributed by atoms with Crippen molar-refractivity contribution >= 4 is 17.6 Å². The first-order valence-electron chi connectivity index (χ1n) is 9.42. The zero-order chi connectivity index (χ0) is 20.8. The van der Waals surface area contributed by atoms with Gasteiger partial charge < -0.3 is 14.2 Å². The molecule has 0 N–H and O–H groups in total. The number of nitrogens with zero attached hydrogens (tertiary/aromatic N) is 1. The molecule has 8 nitrogen and oxygen atoms in total. The summed E-state index contributed by atoms with van der Waals surface area (Å²) in [6.45, 7) is 5.82. The van der Waals surface area contributed by atoms with Crippen LogP contribution in [0.25, 0.3) is 0 Å². The van der Waals surface area contributed by atoms with E-state index in [0.29, 0.717) is 17.8 Å². The van der Waals surface area contributed by atoms with Gasteiger partial charge in [-0.2, -0.15) is 0 Å². The maximum Gasteiger partial charge on any atom is 0.344 e. The molecule has 0 saturated heterocycles. The van der Waals surface area contributed by atoms with Crippen LogP contribution >= 0.6 is 0 Å². The topological polar surface area (TPSA) is 105 Å². The maximum absolute atomic E-state index is 12.2. The highest BCUT2D eigenvalue weighted by molar-refractivity contribution is 5.91. The fourth-order valence-electron chi connectivity index (χ4n) is 3.62. The molecule has 8 heteroatoms. The summed E-state index contributed by atoms with van der Waals surface area (Å²) in [5, 5.41) is 11.1. The van der Waals surface area contributed by atoms with Crippen molar-refractivity contribution in [1.29, 1.82) is 0 Å². The van der Waals surface area contributed by atoms with Crippen LogP contribution < -0.4 is 4.74 Å². The molecule has 0 radical (unpaired) electrons. The molecule has 0 bridgehead atoms. The van der Waals surface area contributed by atoms with Crippen molar-refractivity contribution in [2.24, 2.45) is 17.8 Å². The van der Waals surface area contributed by atoms with Gasteiger partial charge >= 0.3 is 17.6 Å². The number of esters is 2. The van der Waals surface area contributed by atoms with E-state index in [-0.39, 0.29) is 23.1 Å². The maximum atomic E-state index is 12.2. The predicted molar refractivity (Wildman–Crippen MR) is 101 cm³/mol. The molecule has 1 aliphatic carbocycles. The highest BCUT2D eigenvalue weighted by Gasteiger charge is 2.33. The van der Waals surface area contributed by atoms with Crippen molar-refractivity contribution in [3.05, 3.63) is 33.9 Å². The van der Waals surface area contributed by atoms with E-state index in [1.54, 1.807) is 0 Å². The minimum atomic E-state index is -0.833. The summed E-state index contributed by atoms with van der Waals surface area (Å²) in [5.41, 5.74) is -0.387. The van der Waals surface area contributed by atoms with E-state index in [4.69, 9.17) is 14.2 Å². The van der Waals surface area contributed by atoms with Gasteiger partial charge in [-0.05, 0) is 42.7 Å². The third-order valence-corrected chi connectivity index (χ3v) is 5.18. The number of nitro benzene ring substituents is 1. The third kappa shape index (κ3) is 5.43. The van der Waals surface area contributed by atoms with Gasteiger partial charge in [-0.25, -0.2) is 9.59 Å². The molecule has 0 aliphatic heterocycles. The van der Waals surface area contributed by atoms with Gasteiger partial charge in [0.05, 0.1) is 17.6 Å². The highest BCUT2D eigenvalue weighted by atomic mass is 16.6. The van der Waals surface area contributed by atoms with Crippen molar-refractivity contribution in [3.63, 3.8) is 0 Å². The molecule has 1 aromatic rings. The normalized spacial score (nSPS) is 21.8. The van der Waals surface area contributed by atoms with E-state index in [1.807, 2.05) is 0 Å². The summed E-state index contributed by atoms with van der Waals surface area (Å²) in [5.74, 6) is -0.240. The number of nitro groups is 1. The minimum absolute atomic E-state index is 0.0344. The minimum Gasteiger partial charge on any atom is -0.490 e. The molecular formula is C20H27NO7. The first-order valence-corrected chi connectivity index (χ1v) is 9.42. The molecule has 0 heterocycles. The average molecular weight is 393 g/mol. The standard InChI is InChI=1S/C20H27NO7/c1-12(2)15-7-5-13(3)9-18(15)28-19(22)11-27-20(23)14-6-8-17(26-4)16(10-14)21(24)25/h6,8,10,12-13,15,18H,5,7,9,11H2,1-4H3/t13-,15-,18+/m0/s1. The molecule has 0 aromatic heterocycles. The van der Waals surface area contributed by atoms with Crippen molar-refractivity contribution in [1.82, 2.24) is 0 Å². The van der Waals surface area contributed by atoms with Gasteiger partial charge in [-0.15, -0.1) is 0 Å². The van der Waals surface area contributed by atoms with Gasteiger partial charge in [-0.1, -0.05) is 27.2 Å². The summed E-state index contributed by atoms with van der Waals surface area (Å²) in [7, 11) is 1.30. The first-order chi connectivity index (χ1) is 13.2. The number of methoxy groups -OCH3 is 1. The predicted octanol–water partition coefficient (Wildman–Crippen LogP) is 3.76. The van der Waals surface area contributed by atoms with Gasteiger partial charge in [0.1, 0.15) is 6.10 Å². The Bertz CT molecular complexity index is 731. The van der Waals surface area contributed by atoms with Crippen LogP contribution in [0.2, 0.25) is 0 Å². The lowest BCUT2D eigenvalue weighted by Crippen LogP contribution is -2.36. The van der Waals surface area contributed by atoms with Crippen LogP contribution in [0, 0.1) is 27.9 Å². The lowest BCUT2D eigenvalue weighted by molar-refractivity contribution is -0.385. The Labute approximate surface area is 164 Å². The second-order valence-electron chi connectivity index (χ2n) is 7.57. The number of hydrogen-bond donors (Lipinski definition) is 0. The Hall–Kier alpha value is -2.64. The fraction of sp³-hybridized carbons (Fsp3) is 0.600. The number of rotatable bonds is 7. The Morgan fingerprint density at radius 3 is 2.61 bits per heavy atom. The molecule has 1 aliphatic rings. The van der Waals surface area contributed by atoms with Crippen LogP contribution in [0.15, 0.2) is 18.2 Å². The summed E-state index contributed by atoms with van der Waals surface area (Å²) in [4.78, 5) is 34.7. The van der Waals surface area contributed by atoms with Crippen LogP contribution in [0.1, 0.15) is 50.4 Å². The first kappa shape index (κ1) is 21.7. The Balaban J connectivity index is 1.96. The Morgan fingerprint density at radius 1 is 1.29 bits per heavy atom. The Kier molecular flexibility index (Phi) is 7.37. The van der Waals surface area contributed by atoms with Gasteiger partial charge in [0.15, 0.2) is 12.4 Å². The van der Waals surface area contributed by atoms with Crippen LogP contribution in [-0.2, 0) is 14.3 Å². The summed E-state index contributed by atoms with van der Waals surface area (Å²) in [6.07, 6.45) is 2.73. The van der Waals surface area contributed by atoms with Crippen LogP contribution in [0.3, 0.4) is 0 Å². The molecule has 1 aromatic carbocycles. The van der Waals surface area contributed by atoms with E-state index in [0.717, 1.165) is 25.3 Å². The molecule has 28 heavy (non-hydrogen) atoms. The van der Waals surface area contributed by atoms with E-state index in [2.05, 4.69) is 20.8 Å². The van der Waals surface area contributed by atoms with Crippen molar-refractivity contribution < 1.29 is 28.7 Å². The second-order valence-corrected chi connectivity index (χ2v) is 7.57. The van der Waals surface area contributed by atoms with Crippen LogP contribution in [-0.4, -0.2) is 36.7 Å². The van der Waals surface area contributed by atoms with Crippen LogP contribution in [0.5, 0.6) is 5.75 Å². The van der Waals surface area contributed by atoms with Crippen molar-refractivity contribution in [2.45, 2.75) is 46.1 Å². The number of carbonyl (C=O) groups is 2. The summed E-state index contributed by atoms with van der Waals surface area (Å²) in [6, 6.07) is 3.71. The molecule has 2 rings (SSSR count). The van der Waals surface area contributed by atoms with Gasteiger partial charge in [0, 0.05) is 6.07 Å². The van der Waals surface area contributed by atoms with Crippen molar-refractivity contribution in [2.75, 3.05) is 13.7 Å². The van der Waals surface area contributed by atoms with E-state index < -0.39 is 23.5 Å². The smallest absolute Gasteiger partial charge is 0.344 e. The number of hydrogen-bond acceptors (Lipinski definition) is 7. The molecule has 1 saturated carbocycles. The average Bonchev–Trinajstić information content (AvgIpc) is 2.65. The molecule has 0 amide bonds. The summed E-state index contributed by atoms with van der Waals surface area (Å²) >= 11 is 0. The molecule has 1 fully saturated rings. The number of benzene rings is 1. The summed E-state index contributed by atoms with van der Waals surface area (Å²) < 4.78 is 15.5. The SMILES string of the molecule is COc1ccc(C(=O)OCC(=O)O[C@@H]2C[C@@H](C)CC[C@H]2C(C)C)cc1[N+](=O)[O-]. The molecule has 0 spiro atoms. The van der Waals surface area contributed by atoms with Gasteiger partial charge in [0.25, 0.3) is 0 Å². The number of carbonyl (C=O) groups excluding carboxylic acids is 2. The molecule has 154 valence electrons. The van der Waals surface area contributed by atoms with Crippen molar-refractivity contribution in [3.8, 4) is 5.75 Å². The fourth-order valence-corrected chi connectivity index (χ4v) is 3.62. The van der Waals surface area contributed by atoms with E-state index >= 15 is 0 Å². The van der Waals surface area contributed by atoms with E-state index in [1.165, 1.54) is 19.2 Å². The van der Waals surface area contributed by atoms with Gasteiger partial charge in [0.2, 0.25) is 0 Å². The van der Waals surface area contributed by atoms with Gasteiger partial charge in [-0.3, -0.25) is 10.1 Å². The zero-order valence-corrected chi connectivity index (χ0v) is 16.7. The zero-order valence-electron chi connectivity index (χ0n) is 16.7. The monoisotopic (exact) mass is 393 g/mol. The largest absolute Gasteiger partial charge is 0.490 e. The molecule has 3 atom stereocenters. The molecular weight excluding hydrogens is 366 g/mol. The quantitative estimate of drug-likeness (QED) is 0.394. The second kappa shape index (κ2) is 9.52. The lowest BCUT2D eigenvalue weighted by atomic mass is 9.75.